The lowest BCUT2D eigenvalue weighted by Crippen LogP contribution is -2.38. The van der Waals surface area contributed by atoms with Crippen LogP contribution in [-0.2, 0) is 4.79 Å². The summed E-state index contributed by atoms with van der Waals surface area (Å²) >= 11 is 1.25. The maximum absolute atomic E-state index is 12.0. The second-order valence-electron chi connectivity index (χ2n) is 5.68. The van der Waals surface area contributed by atoms with Crippen LogP contribution in [0.5, 0.6) is 0 Å². The Morgan fingerprint density at radius 1 is 1.41 bits per heavy atom. The summed E-state index contributed by atoms with van der Waals surface area (Å²) in [6.07, 6.45) is 0.943. The van der Waals surface area contributed by atoms with Crippen molar-refractivity contribution >= 4 is 27.3 Å². The molecule has 0 bridgehead atoms. The van der Waals surface area contributed by atoms with Gasteiger partial charge < -0.3 is 10.6 Å². The smallest absolute Gasteiger partial charge is 0.275 e. The Balaban J connectivity index is 2.02. The molecule has 8 heteroatoms. The number of amides is 1. The first kappa shape index (κ1) is 16.4. The van der Waals surface area contributed by atoms with Gasteiger partial charge in [0.05, 0.1) is 0 Å². The number of anilines is 1. The number of aryl methyl sites for hydroxylation is 1. The van der Waals surface area contributed by atoms with E-state index in [0.717, 1.165) is 6.42 Å². The van der Waals surface area contributed by atoms with Crippen LogP contribution in [-0.4, -0.2) is 33.1 Å². The molecule has 0 spiro atoms. The summed E-state index contributed by atoms with van der Waals surface area (Å²) in [4.78, 5) is 28.6. The van der Waals surface area contributed by atoms with Crippen LogP contribution in [0.1, 0.15) is 32.9 Å². The van der Waals surface area contributed by atoms with Crippen LogP contribution in [0, 0.1) is 12.8 Å². The first-order chi connectivity index (χ1) is 10.4. The van der Waals surface area contributed by atoms with Gasteiger partial charge >= 0.3 is 0 Å². The van der Waals surface area contributed by atoms with Crippen LogP contribution in [0.2, 0.25) is 0 Å². The fourth-order valence-corrected chi connectivity index (χ4v) is 2.80. The Labute approximate surface area is 132 Å². The number of hydrogen-bond donors (Lipinski definition) is 2. The molecule has 0 radical (unpaired) electrons. The molecule has 2 heterocycles. The molecule has 0 fully saturated rings. The molecule has 1 unspecified atom stereocenters. The molecular weight excluding hydrogens is 302 g/mol. The van der Waals surface area contributed by atoms with Crippen molar-refractivity contribution in [3.63, 3.8) is 0 Å². The van der Waals surface area contributed by atoms with Crippen LogP contribution in [0.25, 0.3) is 4.96 Å². The summed E-state index contributed by atoms with van der Waals surface area (Å²) in [5.74, 6) is 0.463. The molecule has 120 valence electrons. The second-order valence-corrected chi connectivity index (χ2v) is 6.63. The SMILES string of the molecule is Cc1cc(=O)n2nc(NC(C)C(=O)NCCC(C)C)sc2n1. The number of fused-ring (bicyclic) bond motifs is 1. The molecule has 2 aromatic rings. The van der Waals surface area contributed by atoms with Crippen molar-refractivity contribution < 1.29 is 4.79 Å². The maximum Gasteiger partial charge on any atom is 0.275 e. The van der Waals surface area contributed by atoms with E-state index in [-0.39, 0.29) is 11.5 Å². The van der Waals surface area contributed by atoms with Crippen molar-refractivity contribution in [1.29, 1.82) is 0 Å². The minimum absolute atomic E-state index is 0.0867. The second kappa shape index (κ2) is 6.87. The van der Waals surface area contributed by atoms with Gasteiger partial charge in [0.15, 0.2) is 0 Å². The Kier molecular flexibility index (Phi) is 5.12. The number of carbonyl (C=O) groups excluding carboxylic acids is 1. The van der Waals surface area contributed by atoms with Gasteiger partial charge in [0, 0.05) is 18.3 Å². The molecule has 2 rings (SSSR count). The molecule has 0 saturated heterocycles. The highest BCUT2D eigenvalue weighted by molar-refractivity contribution is 7.20. The van der Waals surface area contributed by atoms with Crippen molar-refractivity contribution in [2.24, 2.45) is 5.92 Å². The highest BCUT2D eigenvalue weighted by Crippen LogP contribution is 2.17. The zero-order valence-corrected chi connectivity index (χ0v) is 14.0. The molecule has 0 saturated carbocycles. The van der Waals surface area contributed by atoms with Crippen molar-refractivity contribution in [3.8, 4) is 0 Å². The predicted octanol–water partition coefficient (Wildman–Crippen LogP) is 1.42. The normalized spacial score (nSPS) is 12.6. The fraction of sp³-hybridized carbons (Fsp3) is 0.571. The van der Waals surface area contributed by atoms with Crippen molar-refractivity contribution in [2.45, 2.75) is 40.2 Å². The molecular formula is C14H21N5O2S. The Morgan fingerprint density at radius 2 is 2.14 bits per heavy atom. The Bertz CT molecular complexity index is 722. The van der Waals surface area contributed by atoms with Gasteiger partial charge in [0.25, 0.3) is 5.56 Å². The molecule has 0 aliphatic carbocycles. The van der Waals surface area contributed by atoms with Crippen molar-refractivity contribution in [2.75, 3.05) is 11.9 Å². The predicted molar refractivity (Wildman–Crippen MR) is 87.4 cm³/mol. The molecule has 2 N–H and O–H groups in total. The maximum atomic E-state index is 12.0. The average molecular weight is 323 g/mol. The highest BCUT2D eigenvalue weighted by atomic mass is 32.1. The van der Waals surface area contributed by atoms with E-state index in [2.05, 4.69) is 34.6 Å². The molecule has 0 aliphatic heterocycles. The topological polar surface area (TPSA) is 88.4 Å². The van der Waals surface area contributed by atoms with E-state index < -0.39 is 6.04 Å². The Morgan fingerprint density at radius 3 is 2.82 bits per heavy atom. The van der Waals surface area contributed by atoms with Gasteiger partial charge in [-0.15, -0.1) is 5.10 Å². The number of hydrogen-bond acceptors (Lipinski definition) is 6. The quantitative estimate of drug-likeness (QED) is 0.839. The molecule has 22 heavy (non-hydrogen) atoms. The molecule has 7 nitrogen and oxygen atoms in total. The number of rotatable bonds is 6. The van der Waals surface area contributed by atoms with E-state index in [0.29, 0.717) is 28.2 Å². The van der Waals surface area contributed by atoms with Crippen LogP contribution in [0.4, 0.5) is 5.13 Å². The van der Waals surface area contributed by atoms with Gasteiger partial charge in [-0.1, -0.05) is 25.2 Å². The number of nitrogens with one attached hydrogen (secondary N) is 2. The van der Waals surface area contributed by atoms with E-state index in [1.54, 1.807) is 13.8 Å². The third kappa shape index (κ3) is 4.03. The number of carbonyl (C=O) groups is 1. The lowest BCUT2D eigenvalue weighted by atomic mass is 10.1. The third-order valence-corrected chi connectivity index (χ3v) is 3.97. The summed E-state index contributed by atoms with van der Waals surface area (Å²) in [7, 11) is 0. The van der Waals surface area contributed by atoms with Gasteiger partial charge in [0.1, 0.15) is 6.04 Å². The summed E-state index contributed by atoms with van der Waals surface area (Å²) in [5, 5.41) is 10.5. The van der Waals surface area contributed by atoms with Crippen molar-refractivity contribution in [3.05, 3.63) is 22.1 Å². The van der Waals surface area contributed by atoms with E-state index in [1.807, 2.05) is 0 Å². The minimum atomic E-state index is -0.426. The Hall–Kier alpha value is -1.96. The zero-order valence-electron chi connectivity index (χ0n) is 13.2. The summed E-state index contributed by atoms with van der Waals surface area (Å²) in [5.41, 5.74) is 0.431. The fourth-order valence-electron chi connectivity index (χ4n) is 1.87. The van der Waals surface area contributed by atoms with E-state index in [1.165, 1.54) is 21.9 Å². The van der Waals surface area contributed by atoms with E-state index >= 15 is 0 Å². The number of aromatic nitrogens is 3. The van der Waals surface area contributed by atoms with Crippen molar-refractivity contribution in [1.82, 2.24) is 19.9 Å². The summed E-state index contributed by atoms with van der Waals surface area (Å²) in [6.45, 7) is 8.41. The average Bonchev–Trinajstić information content (AvgIpc) is 2.80. The van der Waals surface area contributed by atoms with Crippen LogP contribution in [0.3, 0.4) is 0 Å². The largest absolute Gasteiger partial charge is 0.354 e. The third-order valence-electron chi connectivity index (χ3n) is 3.13. The summed E-state index contributed by atoms with van der Waals surface area (Å²) in [6, 6.07) is 1.00. The van der Waals surface area contributed by atoms with Gasteiger partial charge in [-0.2, -0.15) is 4.52 Å². The van der Waals surface area contributed by atoms with Crippen LogP contribution in [0.15, 0.2) is 10.9 Å². The molecule has 0 aromatic carbocycles. The van der Waals surface area contributed by atoms with E-state index in [4.69, 9.17) is 0 Å². The molecule has 1 atom stereocenters. The number of nitrogens with zero attached hydrogens (tertiary/aromatic N) is 3. The standard InChI is InChI=1S/C14H21N5O2S/c1-8(2)5-6-15-12(21)10(4)17-13-18-19-11(20)7-9(3)16-14(19)22-13/h7-8,10H,5-6H2,1-4H3,(H,15,21)(H,17,18). The monoisotopic (exact) mass is 323 g/mol. The first-order valence-electron chi connectivity index (χ1n) is 7.28. The molecule has 0 aliphatic rings. The first-order valence-corrected chi connectivity index (χ1v) is 8.10. The van der Waals surface area contributed by atoms with Crippen LogP contribution < -0.4 is 16.2 Å². The summed E-state index contributed by atoms with van der Waals surface area (Å²) < 4.78 is 1.24. The van der Waals surface area contributed by atoms with E-state index in [9.17, 15) is 9.59 Å². The molecule has 1 amide bonds. The molecule has 2 aromatic heterocycles. The zero-order chi connectivity index (χ0) is 16.3. The van der Waals surface area contributed by atoms with Crippen LogP contribution >= 0.6 is 11.3 Å². The van der Waals surface area contributed by atoms with Gasteiger partial charge in [0.2, 0.25) is 16.0 Å². The van der Waals surface area contributed by atoms with Gasteiger partial charge in [-0.25, -0.2) is 4.98 Å². The lowest BCUT2D eigenvalue weighted by Gasteiger charge is -2.13. The highest BCUT2D eigenvalue weighted by Gasteiger charge is 2.15. The van der Waals surface area contributed by atoms with Gasteiger partial charge in [-0.3, -0.25) is 9.59 Å². The van der Waals surface area contributed by atoms with Gasteiger partial charge in [-0.05, 0) is 26.2 Å². The lowest BCUT2D eigenvalue weighted by molar-refractivity contribution is -0.121. The minimum Gasteiger partial charge on any atom is -0.354 e.